The molecule has 0 aromatic heterocycles. The monoisotopic (exact) mass is 229 g/mol. The van der Waals surface area contributed by atoms with Crippen LogP contribution in [0.2, 0.25) is 0 Å². The Morgan fingerprint density at radius 2 is 2.06 bits per heavy atom. The fourth-order valence-corrected chi connectivity index (χ4v) is 1.92. The highest BCUT2D eigenvalue weighted by atomic mass is 16.3. The summed E-state index contributed by atoms with van der Waals surface area (Å²) in [5.41, 5.74) is 10.5. The highest BCUT2D eigenvalue weighted by Crippen LogP contribution is 2.19. The summed E-state index contributed by atoms with van der Waals surface area (Å²) in [6.45, 7) is 0.754. The van der Waals surface area contributed by atoms with Gasteiger partial charge in [0.15, 0.2) is 0 Å². The first kappa shape index (κ1) is 12.9. The second kappa shape index (κ2) is 5.81. The lowest BCUT2D eigenvalue weighted by Gasteiger charge is -2.21. The molecule has 0 radical (unpaired) electrons. The van der Waals surface area contributed by atoms with Crippen LogP contribution in [0.3, 0.4) is 0 Å². The molecule has 2 unspecified atom stereocenters. The van der Waals surface area contributed by atoms with Crippen molar-refractivity contribution in [1.29, 1.82) is 0 Å². The number of hydrogen-bond acceptors (Lipinski definition) is 4. The van der Waals surface area contributed by atoms with E-state index < -0.39 is 18.1 Å². The molecule has 2 amide bonds. The van der Waals surface area contributed by atoms with Crippen LogP contribution in [-0.4, -0.2) is 47.1 Å². The van der Waals surface area contributed by atoms with Gasteiger partial charge in [-0.15, -0.1) is 0 Å². The van der Waals surface area contributed by atoms with Crippen molar-refractivity contribution < 1.29 is 14.7 Å². The minimum atomic E-state index is -0.652. The first-order valence-electron chi connectivity index (χ1n) is 5.53. The van der Waals surface area contributed by atoms with E-state index in [1.165, 1.54) is 4.90 Å². The van der Waals surface area contributed by atoms with Crippen LogP contribution in [0.4, 0.5) is 0 Å². The number of aliphatic hydroxyl groups is 1. The number of β-amino-alcohol motifs (C(OH)–C–C–N with tert-alkyl or cyclic N) is 1. The van der Waals surface area contributed by atoms with Gasteiger partial charge in [-0.05, 0) is 19.4 Å². The van der Waals surface area contributed by atoms with E-state index in [0.717, 1.165) is 6.42 Å². The van der Waals surface area contributed by atoms with Gasteiger partial charge in [-0.2, -0.15) is 0 Å². The van der Waals surface area contributed by atoms with E-state index >= 15 is 0 Å². The Morgan fingerprint density at radius 3 is 2.62 bits per heavy atom. The van der Waals surface area contributed by atoms with Crippen molar-refractivity contribution in [2.75, 3.05) is 13.1 Å². The molecule has 1 heterocycles. The summed E-state index contributed by atoms with van der Waals surface area (Å²) in [6.07, 6.45) is 1.44. The number of aliphatic hydroxyl groups excluding tert-OH is 1. The van der Waals surface area contributed by atoms with Gasteiger partial charge in [0.2, 0.25) is 11.8 Å². The average Bonchev–Trinajstić information content (AvgIpc) is 2.61. The molecule has 2 atom stereocenters. The van der Waals surface area contributed by atoms with Crippen molar-refractivity contribution in [1.82, 2.24) is 4.90 Å². The molecule has 6 nitrogen and oxygen atoms in total. The SMILES string of the molecule is NCCCCC(=O)N1CC(O)CC1C(N)=O. The summed E-state index contributed by atoms with van der Waals surface area (Å²) in [5, 5.41) is 9.42. The number of carbonyl (C=O) groups excluding carboxylic acids is 2. The highest BCUT2D eigenvalue weighted by Gasteiger charge is 2.37. The summed E-state index contributed by atoms with van der Waals surface area (Å²) < 4.78 is 0. The van der Waals surface area contributed by atoms with Crippen LogP contribution in [0.1, 0.15) is 25.7 Å². The predicted octanol–water partition coefficient (Wildman–Crippen LogP) is -1.44. The molecule has 92 valence electrons. The minimum Gasteiger partial charge on any atom is -0.391 e. The average molecular weight is 229 g/mol. The van der Waals surface area contributed by atoms with Gasteiger partial charge in [0.1, 0.15) is 6.04 Å². The summed E-state index contributed by atoms with van der Waals surface area (Å²) in [4.78, 5) is 24.2. The van der Waals surface area contributed by atoms with Crippen molar-refractivity contribution in [2.45, 2.75) is 37.8 Å². The number of nitrogens with zero attached hydrogens (tertiary/aromatic N) is 1. The summed E-state index contributed by atoms with van der Waals surface area (Å²) in [6, 6.07) is -0.652. The van der Waals surface area contributed by atoms with Crippen LogP contribution in [0.5, 0.6) is 0 Å². The third kappa shape index (κ3) is 3.18. The van der Waals surface area contributed by atoms with Crippen LogP contribution in [-0.2, 0) is 9.59 Å². The second-order valence-electron chi connectivity index (χ2n) is 4.10. The normalized spacial score (nSPS) is 24.8. The number of hydrogen-bond donors (Lipinski definition) is 3. The standard InChI is InChI=1S/C10H19N3O3/c11-4-2-1-3-9(15)13-6-7(14)5-8(13)10(12)16/h7-8,14H,1-6,11H2,(H2,12,16). The third-order valence-electron chi connectivity index (χ3n) is 2.77. The maximum absolute atomic E-state index is 11.7. The summed E-state index contributed by atoms with van der Waals surface area (Å²) in [5.74, 6) is -0.683. The smallest absolute Gasteiger partial charge is 0.240 e. The van der Waals surface area contributed by atoms with Crippen LogP contribution in [0.15, 0.2) is 0 Å². The number of amides is 2. The molecule has 0 aromatic carbocycles. The zero-order valence-corrected chi connectivity index (χ0v) is 9.26. The van der Waals surface area contributed by atoms with E-state index in [4.69, 9.17) is 11.5 Å². The highest BCUT2D eigenvalue weighted by molar-refractivity contribution is 5.87. The molecule has 16 heavy (non-hydrogen) atoms. The largest absolute Gasteiger partial charge is 0.391 e. The van der Waals surface area contributed by atoms with Gasteiger partial charge in [-0.1, -0.05) is 0 Å². The number of unbranched alkanes of at least 4 members (excludes halogenated alkanes) is 1. The van der Waals surface area contributed by atoms with Gasteiger partial charge in [0, 0.05) is 19.4 Å². The first-order chi connectivity index (χ1) is 7.56. The fourth-order valence-electron chi connectivity index (χ4n) is 1.92. The molecule has 1 aliphatic heterocycles. The predicted molar refractivity (Wildman–Crippen MR) is 58.2 cm³/mol. The van der Waals surface area contributed by atoms with Crippen molar-refractivity contribution in [3.05, 3.63) is 0 Å². The van der Waals surface area contributed by atoms with Crippen LogP contribution < -0.4 is 11.5 Å². The molecule has 0 saturated carbocycles. The lowest BCUT2D eigenvalue weighted by atomic mass is 10.1. The van der Waals surface area contributed by atoms with Gasteiger partial charge < -0.3 is 21.5 Å². The molecule has 0 aromatic rings. The Balaban J connectivity index is 2.50. The Morgan fingerprint density at radius 1 is 1.38 bits per heavy atom. The molecule has 5 N–H and O–H groups in total. The van der Waals surface area contributed by atoms with Gasteiger partial charge in [0.25, 0.3) is 0 Å². The van der Waals surface area contributed by atoms with E-state index in [1.54, 1.807) is 0 Å². The third-order valence-corrected chi connectivity index (χ3v) is 2.77. The summed E-state index contributed by atoms with van der Waals surface area (Å²) >= 11 is 0. The molecule has 0 aliphatic carbocycles. The van der Waals surface area contributed by atoms with Crippen LogP contribution in [0.25, 0.3) is 0 Å². The maximum atomic E-state index is 11.7. The number of rotatable bonds is 5. The minimum absolute atomic E-state index is 0.131. The van der Waals surface area contributed by atoms with Crippen molar-refractivity contribution in [2.24, 2.45) is 11.5 Å². The summed E-state index contributed by atoms with van der Waals surface area (Å²) in [7, 11) is 0. The van der Waals surface area contributed by atoms with E-state index in [2.05, 4.69) is 0 Å². The van der Waals surface area contributed by atoms with Crippen LogP contribution >= 0.6 is 0 Å². The van der Waals surface area contributed by atoms with E-state index in [1.807, 2.05) is 0 Å². The van der Waals surface area contributed by atoms with Crippen molar-refractivity contribution in [3.8, 4) is 0 Å². The Bertz CT molecular complexity index is 270. The number of primary amides is 1. The van der Waals surface area contributed by atoms with Gasteiger partial charge in [-0.25, -0.2) is 0 Å². The van der Waals surface area contributed by atoms with Gasteiger partial charge in [0.05, 0.1) is 6.10 Å². The molecular formula is C10H19N3O3. The zero-order valence-electron chi connectivity index (χ0n) is 9.26. The molecule has 1 aliphatic rings. The van der Waals surface area contributed by atoms with Gasteiger partial charge in [-0.3, -0.25) is 9.59 Å². The topological polar surface area (TPSA) is 110 Å². The van der Waals surface area contributed by atoms with Crippen LogP contribution in [0, 0.1) is 0 Å². The lowest BCUT2D eigenvalue weighted by Crippen LogP contribution is -2.43. The molecule has 6 heteroatoms. The van der Waals surface area contributed by atoms with E-state index in [0.29, 0.717) is 19.4 Å². The fraction of sp³-hybridized carbons (Fsp3) is 0.800. The maximum Gasteiger partial charge on any atom is 0.240 e. The number of likely N-dealkylation sites (tertiary alicyclic amines) is 1. The molecule has 1 fully saturated rings. The Labute approximate surface area is 94.6 Å². The van der Waals surface area contributed by atoms with Crippen molar-refractivity contribution >= 4 is 11.8 Å². The molecule has 1 rings (SSSR count). The molecule has 0 bridgehead atoms. The quantitative estimate of drug-likeness (QED) is 0.501. The molecule has 1 saturated heterocycles. The Kier molecular flexibility index (Phi) is 4.70. The molecular weight excluding hydrogens is 210 g/mol. The zero-order chi connectivity index (χ0) is 12.1. The number of nitrogens with two attached hydrogens (primary N) is 2. The Hall–Kier alpha value is -1.14. The van der Waals surface area contributed by atoms with E-state index in [-0.39, 0.29) is 18.9 Å². The van der Waals surface area contributed by atoms with Crippen molar-refractivity contribution in [3.63, 3.8) is 0 Å². The number of carbonyl (C=O) groups is 2. The molecule has 0 spiro atoms. The second-order valence-corrected chi connectivity index (χ2v) is 4.10. The lowest BCUT2D eigenvalue weighted by molar-refractivity contribution is -0.137. The van der Waals surface area contributed by atoms with E-state index in [9.17, 15) is 14.7 Å². The first-order valence-corrected chi connectivity index (χ1v) is 5.53. The van der Waals surface area contributed by atoms with Gasteiger partial charge >= 0.3 is 0 Å².